The van der Waals surface area contributed by atoms with Crippen molar-refractivity contribution in [2.75, 3.05) is 27.2 Å². The number of hydrogen-bond donors (Lipinski definition) is 8. The van der Waals surface area contributed by atoms with Crippen LogP contribution in [-0.4, -0.2) is 127 Å². The molecule has 4 aromatic carbocycles. The second-order valence-corrected chi connectivity index (χ2v) is 22.3. The number of amides is 8. The van der Waals surface area contributed by atoms with E-state index in [-0.39, 0.29) is 53.6 Å². The minimum absolute atomic E-state index is 0.0421. The van der Waals surface area contributed by atoms with Crippen molar-refractivity contribution in [3.8, 4) is 0 Å². The van der Waals surface area contributed by atoms with Crippen molar-refractivity contribution in [1.29, 1.82) is 0 Å². The maximum Gasteiger partial charge on any atom is 0.314 e. The van der Waals surface area contributed by atoms with Gasteiger partial charge in [-0.05, 0) is 138 Å². The van der Waals surface area contributed by atoms with Gasteiger partial charge >= 0.3 is 6.03 Å². The van der Waals surface area contributed by atoms with E-state index in [4.69, 9.17) is 0 Å². The van der Waals surface area contributed by atoms with Crippen LogP contribution in [0.4, 0.5) is 4.79 Å². The zero-order valence-corrected chi connectivity index (χ0v) is 47.1. The average Bonchev–Trinajstić information content (AvgIpc) is 4.19. The van der Waals surface area contributed by atoms with Crippen molar-refractivity contribution in [2.24, 2.45) is 0 Å². The lowest BCUT2D eigenvalue weighted by Crippen LogP contribution is -2.58. The van der Waals surface area contributed by atoms with E-state index in [0.717, 1.165) is 110 Å². The van der Waals surface area contributed by atoms with Crippen LogP contribution in [-0.2, 0) is 41.6 Å². The summed E-state index contributed by atoms with van der Waals surface area (Å²) in [5.41, 5.74) is 5.90. The Morgan fingerprint density at radius 1 is 0.475 bits per heavy atom. The Balaban J connectivity index is 0.790. The van der Waals surface area contributed by atoms with Crippen LogP contribution < -0.4 is 42.5 Å². The molecule has 0 unspecified atom stereocenters. The molecule has 0 aliphatic carbocycles. The summed E-state index contributed by atoms with van der Waals surface area (Å²) in [7, 11) is 3.42. The van der Waals surface area contributed by atoms with E-state index in [1.54, 1.807) is 37.7 Å². The predicted octanol–water partition coefficient (Wildman–Crippen LogP) is 6.02. The molecule has 0 spiro atoms. The number of nitrogens with one attached hydrogen (secondary N) is 8. The SMILES string of the molecule is CN[C@@H](C)C(=O)N[C@H]1CCCC[C@H]2CC[C@@H](C(=O)N[C@@H](c3ccccc3)c3ccc(CCCNC(=O)NCCCc4ccc([C@@H](NC(=O)[C@@H]5CC[C@@H]6CCCC[C@H](NC(=O)[C@@H](C)NC)C(=O)N65)c5ccccc5)cc4)cc3)N2C1=O. The zero-order valence-electron chi connectivity index (χ0n) is 47.1. The molecule has 4 aromatic rings. The second kappa shape index (κ2) is 28.9. The van der Waals surface area contributed by atoms with Gasteiger partial charge in [-0.2, -0.15) is 0 Å². The molecular weight excluding hydrogens is 1010 g/mol. The molecule has 428 valence electrons. The van der Waals surface area contributed by atoms with E-state index in [0.29, 0.717) is 38.8 Å². The van der Waals surface area contributed by atoms with Crippen LogP contribution in [0.1, 0.15) is 149 Å². The Labute approximate surface area is 472 Å². The summed E-state index contributed by atoms with van der Waals surface area (Å²) in [6.45, 7) is 4.52. The fourth-order valence-electron chi connectivity index (χ4n) is 12.0. The van der Waals surface area contributed by atoms with Crippen LogP contribution in [0.5, 0.6) is 0 Å². The van der Waals surface area contributed by atoms with E-state index in [1.165, 1.54) is 0 Å². The van der Waals surface area contributed by atoms with Crippen LogP contribution >= 0.6 is 0 Å². The maximum absolute atomic E-state index is 14.3. The maximum atomic E-state index is 14.3. The van der Waals surface area contributed by atoms with Crippen LogP contribution in [0, 0.1) is 0 Å². The molecule has 4 aliphatic heterocycles. The molecule has 4 saturated heterocycles. The molecule has 4 aliphatic rings. The monoisotopic (exact) mass is 1090 g/mol. The minimum atomic E-state index is -0.672. The molecule has 0 aromatic heterocycles. The first-order chi connectivity index (χ1) is 38.8. The van der Waals surface area contributed by atoms with Crippen molar-refractivity contribution in [3.05, 3.63) is 143 Å². The number of aryl methyl sites for hydroxylation is 2. The number of carbonyl (C=O) groups excluding carboxylic acids is 7. The van der Waals surface area contributed by atoms with E-state index < -0.39 is 48.3 Å². The molecule has 8 amide bonds. The number of carbonyl (C=O) groups is 7. The van der Waals surface area contributed by atoms with E-state index >= 15 is 0 Å². The van der Waals surface area contributed by atoms with Crippen LogP contribution in [0.25, 0.3) is 0 Å². The van der Waals surface area contributed by atoms with Crippen molar-refractivity contribution >= 4 is 41.5 Å². The summed E-state index contributed by atoms with van der Waals surface area (Å²) in [6.07, 6.45) is 11.9. The van der Waals surface area contributed by atoms with Gasteiger partial charge in [-0.3, -0.25) is 28.8 Å². The summed E-state index contributed by atoms with van der Waals surface area (Å²) in [4.78, 5) is 98.8. The van der Waals surface area contributed by atoms with Crippen LogP contribution in [0.2, 0.25) is 0 Å². The molecule has 17 nitrogen and oxygen atoms in total. The molecule has 8 rings (SSSR count). The van der Waals surface area contributed by atoms with Gasteiger partial charge in [0.2, 0.25) is 35.4 Å². The Morgan fingerprint density at radius 3 is 1.21 bits per heavy atom. The quantitative estimate of drug-likeness (QED) is 0.0431. The number of benzene rings is 4. The summed E-state index contributed by atoms with van der Waals surface area (Å²) in [5, 5.41) is 24.4. The number of urea groups is 1. The van der Waals surface area contributed by atoms with Crippen molar-refractivity contribution in [3.63, 3.8) is 0 Å². The third kappa shape index (κ3) is 15.2. The molecule has 4 heterocycles. The number of nitrogens with zero attached hydrogens (tertiary/aromatic N) is 2. The van der Waals surface area contributed by atoms with E-state index in [9.17, 15) is 33.6 Å². The fraction of sp³-hybridized carbons (Fsp3) is 0.508. The normalized spacial score (nSPS) is 22.6. The number of likely N-dealkylation sites (N-methyl/N-ethyl adjacent to an activating group) is 2. The smallest absolute Gasteiger partial charge is 0.314 e. The fourth-order valence-corrected chi connectivity index (χ4v) is 12.0. The number of fused-ring (bicyclic) bond motifs is 2. The second-order valence-electron chi connectivity index (χ2n) is 22.3. The third-order valence-corrected chi connectivity index (χ3v) is 16.9. The average molecular weight is 1090 g/mol. The lowest BCUT2D eigenvalue weighted by atomic mass is 9.96. The molecule has 8 N–H and O–H groups in total. The van der Waals surface area contributed by atoms with Gasteiger partial charge in [-0.25, -0.2) is 4.79 Å². The Morgan fingerprint density at radius 2 is 0.838 bits per heavy atom. The van der Waals surface area contributed by atoms with Gasteiger partial charge in [-0.15, -0.1) is 0 Å². The van der Waals surface area contributed by atoms with Gasteiger partial charge in [0.05, 0.1) is 24.2 Å². The predicted molar refractivity (Wildman–Crippen MR) is 309 cm³/mol. The molecule has 0 saturated carbocycles. The summed E-state index contributed by atoms with van der Waals surface area (Å²) >= 11 is 0. The van der Waals surface area contributed by atoms with Crippen molar-refractivity contribution < 1.29 is 33.6 Å². The molecule has 10 atom stereocenters. The highest BCUT2D eigenvalue weighted by atomic mass is 16.2. The highest BCUT2D eigenvalue weighted by Crippen LogP contribution is 2.35. The Kier molecular flexibility index (Phi) is 21.3. The Hall–Kier alpha value is -7.11. The van der Waals surface area contributed by atoms with Crippen molar-refractivity contribution in [1.82, 2.24) is 52.3 Å². The molecule has 17 heteroatoms. The molecule has 4 fully saturated rings. The molecule has 80 heavy (non-hydrogen) atoms. The van der Waals surface area contributed by atoms with Gasteiger partial charge in [0.15, 0.2) is 0 Å². The van der Waals surface area contributed by atoms with E-state index in [2.05, 4.69) is 66.8 Å². The molecule has 0 bridgehead atoms. The topological polar surface area (TPSA) is 222 Å². The lowest BCUT2D eigenvalue weighted by Gasteiger charge is -2.36. The number of rotatable bonds is 22. The Bertz CT molecular complexity index is 2530. The van der Waals surface area contributed by atoms with Gasteiger partial charge < -0.3 is 52.3 Å². The van der Waals surface area contributed by atoms with Gasteiger partial charge in [0, 0.05) is 25.2 Å². The van der Waals surface area contributed by atoms with Crippen LogP contribution in [0.3, 0.4) is 0 Å². The first-order valence-electron chi connectivity index (χ1n) is 29.3. The third-order valence-electron chi connectivity index (χ3n) is 16.9. The first kappa shape index (κ1) is 59.0. The highest BCUT2D eigenvalue weighted by molar-refractivity contribution is 5.95. The van der Waals surface area contributed by atoms with Gasteiger partial charge in [-0.1, -0.05) is 135 Å². The standard InChI is InChI=1S/C63H84N10O7/c1-41(64-3)57(74)68-51-25-13-11-23-49-35-37-53(72(49)61(51)78)59(76)70-55(45-19-7-5-8-20-45)47-31-27-43(28-32-47)17-15-39-66-63(80)67-40-16-18-44-29-33-48(34-30-44)56(46-21-9-6-10-22-46)71-60(77)54-38-36-50-24-12-14-26-52(62(79)73(50)54)69-58(75)42(2)65-4/h5-10,19-22,27-34,41-42,49-56,64-65H,11-18,23-26,35-40H2,1-4H3,(H,68,74)(H,69,75)(H,70,76)(H,71,77)(H2,66,67,80)/t41-,42+,49-,50-,51-,52-,53-,54-,55-,56-/m0/s1. The van der Waals surface area contributed by atoms with Crippen LogP contribution in [0.15, 0.2) is 109 Å². The van der Waals surface area contributed by atoms with Gasteiger partial charge in [0.25, 0.3) is 0 Å². The van der Waals surface area contributed by atoms with Crippen molar-refractivity contribution in [2.45, 2.75) is 177 Å². The summed E-state index contributed by atoms with van der Waals surface area (Å²) in [5.74, 6) is -1.24. The van der Waals surface area contributed by atoms with E-state index in [1.807, 2.05) is 84.9 Å². The zero-order chi connectivity index (χ0) is 56.5. The lowest BCUT2D eigenvalue weighted by molar-refractivity contribution is -0.144. The minimum Gasteiger partial charge on any atom is -0.343 e. The molecule has 0 radical (unpaired) electrons. The first-order valence-corrected chi connectivity index (χ1v) is 29.3. The highest BCUT2D eigenvalue weighted by Gasteiger charge is 2.46. The molecular formula is C63H84N10O7. The largest absolute Gasteiger partial charge is 0.343 e. The summed E-state index contributed by atoms with van der Waals surface area (Å²) < 4.78 is 0. The number of hydrogen-bond acceptors (Lipinski definition) is 9. The van der Waals surface area contributed by atoms with Gasteiger partial charge in [0.1, 0.15) is 24.2 Å². The summed E-state index contributed by atoms with van der Waals surface area (Å²) in [6, 6.07) is 31.4.